The highest BCUT2D eigenvalue weighted by molar-refractivity contribution is 5.54. The van der Waals surface area contributed by atoms with E-state index in [2.05, 4.69) is 16.8 Å². The number of anilines is 1. The van der Waals surface area contributed by atoms with E-state index in [1.807, 2.05) is 12.1 Å². The van der Waals surface area contributed by atoms with Crippen LogP contribution in [0.2, 0.25) is 0 Å². The fraction of sp³-hybridized carbons (Fsp3) is 0.333. The first kappa shape index (κ1) is 7.58. The minimum atomic E-state index is 0.963. The van der Waals surface area contributed by atoms with Crippen molar-refractivity contribution in [3.05, 3.63) is 29.3 Å². The summed E-state index contributed by atoms with van der Waals surface area (Å²) < 4.78 is 0. The van der Waals surface area contributed by atoms with Crippen LogP contribution in [0.5, 0.6) is 0 Å². The summed E-state index contributed by atoms with van der Waals surface area (Å²) in [7, 11) is 0. The molecule has 3 heteroatoms. The first-order valence-corrected chi connectivity index (χ1v) is 4.20. The maximum absolute atomic E-state index is 5.40. The van der Waals surface area contributed by atoms with Crippen molar-refractivity contribution in [2.75, 3.05) is 12.0 Å². The minimum absolute atomic E-state index is 0.963. The van der Waals surface area contributed by atoms with Gasteiger partial charge >= 0.3 is 0 Å². The number of hydrazine groups is 1. The van der Waals surface area contributed by atoms with Crippen LogP contribution in [0.15, 0.2) is 18.2 Å². The van der Waals surface area contributed by atoms with Crippen LogP contribution in [-0.2, 0) is 13.0 Å². The summed E-state index contributed by atoms with van der Waals surface area (Å²) in [6, 6.07) is 6.19. The van der Waals surface area contributed by atoms with Crippen LogP contribution in [0.4, 0.5) is 5.69 Å². The van der Waals surface area contributed by atoms with Crippen molar-refractivity contribution in [1.29, 1.82) is 0 Å². The molecule has 0 radical (unpaired) electrons. The Balaban J connectivity index is 2.44. The first-order valence-electron chi connectivity index (χ1n) is 4.20. The van der Waals surface area contributed by atoms with Crippen molar-refractivity contribution in [2.24, 2.45) is 5.84 Å². The number of nitrogens with one attached hydrogen (secondary N) is 2. The molecule has 3 nitrogen and oxygen atoms in total. The van der Waals surface area contributed by atoms with Crippen LogP contribution in [-0.4, -0.2) is 6.54 Å². The van der Waals surface area contributed by atoms with Gasteiger partial charge in [0.1, 0.15) is 0 Å². The van der Waals surface area contributed by atoms with Gasteiger partial charge in [-0.15, -0.1) is 0 Å². The summed E-state index contributed by atoms with van der Waals surface area (Å²) >= 11 is 0. The van der Waals surface area contributed by atoms with Gasteiger partial charge in [-0.3, -0.25) is 5.84 Å². The lowest BCUT2D eigenvalue weighted by atomic mass is 9.99. The van der Waals surface area contributed by atoms with Crippen LogP contribution >= 0.6 is 0 Å². The normalized spacial score (nSPS) is 15.4. The molecule has 0 aliphatic carbocycles. The van der Waals surface area contributed by atoms with Gasteiger partial charge in [0, 0.05) is 6.54 Å². The fourth-order valence-corrected chi connectivity index (χ4v) is 1.67. The van der Waals surface area contributed by atoms with E-state index < -0.39 is 0 Å². The Bertz CT molecular complexity index is 269. The molecule has 0 bridgehead atoms. The van der Waals surface area contributed by atoms with Crippen LogP contribution in [0, 0.1) is 0 Å². The maximum atomic E-state index is 5.40. The summed E-state index contributed by atoms with van der Waals surface area (Å²) in [5, 5.41) is 3.32. The molecule has 2 rings (SSSR count). The summed E-state index contributed by atoms with van der Waals surface area (Å²) in [6.07, 6.45) is 1.07. The number of fused-ring (bicyclic) bond motifs is 1. The average molecular weight is 163 g/mol. The lowest BCUT2D eigenvalue weighted by Gasteiger charge is -2.19. The second-order valence-corrected chi connectivity index (χ2v) is 3.01. The quantitative estimate of drug-likeness (QED) is 0.420. The molecule has 0 saturated heterocycles. The highest BCUT2D eigenvalue weighted by Crippen LogP contribution is 2.21. The molecule has 0 saturated carbocycles. The Morgan fingerprint density at radius 2 is 2.33 bits per heavy atom. The largest absolute Gasteiger partial charge is 0.324 e. The van der Waals surface area contributed by atoms with Gasteiger partial charge < -0.3 is 10.7 Å². The van der Waals surface area contributed by atoms with Gasteiger partial charge in [-0.2, -0.15) is 0 Å². The molecule has 0 fully saturated rings. The van der Waals surface area contributed by atoms with E-state index in [9.17, 15) is 0 Å². The summed E-state index contributed by atoms with van der Waals surface area (Å²) in [5.41, 5.74) is 6.51. The van der Waals surface area contributed by atoms with Crippen molar-refractivity contribution in [3.63, 3.8) is 0 Å². The number of rotatable bonds is 1. The number of benzene rings is 1. The molecule has 64 valence electrons. The van der Waals surface area contributed by atoms with Crippen LogP contribution in [0.25, 0.3) is 0 Å². The minimum Gasteiger partial charge on any atom is -0.324 e. The molecule has 0 unspecified atom stereocenters. The Hall–Kier alpha value is -1.06. The highest BCUT2D eigenvalue weighted by atomic mass is 15.2. The number of nitrogen functional groups attached to an aromatic ring is 1. The Kier molecular flexibility index (Phi) is 1.98. The van der Waals surface area contributed by atoms with Gasteiger partial charge in [-0.05, 0) is 30.2 Å². The van der Waals surface area contributed by atoms with E-state index in [0.717, 1.165) is 25.2 Å². The molecule has 1 aliphatic heterocycles. The lowest BCUT2D eigenvalue weighted by Crippen LogP contribution is -2.25. The first-order chi connectivity index (χ1) is 5.92. The van der Waals surface area contributed by atoms with Crippen LogP contribution in [0.3, 0.4) is 0 Å². The van der Waals surface area contributed by atoms with E-state index in [0.29, 0.717) is 0 Å². The number of nitrogens with two attached hydrogens (primary N) is 1. The standard InChI is InChI=1S/C9H13N3/c10-12-9-3-1-2-7-6-11-5-4-8(7)9/h1-3,11-12H,4-6,10H2. The van der Waals surface area contributed by atoms with Crippen molar-refractivity contribution in [3.8, 4) is 0 Å². The maximum Gasteiger partial charge on any atom is 0.0520 e. The Labute approximate surface area is 71.9 Å². The van der Waals surface area contributed by atoms with Gasteiger partial charge in [0.15, 0.2) is 0 Å². The molecular formula is C9H13N3. The summed E-state index contributed by atoms with van der Waals surface area (Å²) in [5.74, 6) is 5.40. The SMILES string of the molecule is NNc1cccc2c1CCNC2. The Morgan fingerprint density at radius 3 is 3.17 bits per heavy atom. The van der Waals surface area contributed by atoms with Gasteiger partial charge in [-0.1, -0.05) is 12.1 Å². The van der Waals surface area contributed by atoms with Gasteiger partial charge in [0.2, 0.25) is 0 Å². The molecule has 12 heavy (non-hydrogen) atoms. The van der Waals surface area contributed by atoms with E-state index >= 15 is 0 Å². The molecule has 0 aromatic heterocycles. The second-order valence-electron chi connectivity index (χ2n) is 3.01. The fourth-order valence-electron chi connectivity index (χ4n) is 1.67. The Morgan fingerprint density at radius 1 is 1.42 bits per heavy atom. The van der Waals surface area contributed by atoms with E-state index in [4.69, 9.17) is 5.84 Å². The third kappa shape index (κ3) is 1.17. The summed E-state index contributed by atoms with van der Waals surface area (Å²) in [4.78, 5) is 0. The molecular weight excluding hydrogens is 150 g/mol. The molecule has 0 spiro atoms. The van der Waals surface area contributed by atoms with Gasteiger partial charge in [0.05, 0.1) is 5.69 Å². The molecule has 0 atom stereocenters. The predicted octanol–water partition coefficient (Wildman–Crippen LogP) is 0.618. The van der Waals surface area contributed by atoms with Crippen molar-refractivity contribution in [2.45, 2.75) is 13.0 Å². The number of hydrogen-bond acceptors (Lipinski definition) is 3. The van der Waals surface area contributed by atoms with Crippen LogP contribution in [0.1, 0.15) is 11.1 Å². The van der Waals surface area contributed by atoms with E-state index in [1.165, 1.54) is 11.1 Å². The van der Waals surface area contributed by atoms with E-state index in [1.54, 1.807) is 0 Å². The molecule has 1 aliphatic rings. The third-order valence-corrected chi connectivity index (χ3v) is 2.30. The topological polar surface area (TPSA) is 50.1 Å². The van der Waals surface area contributed by atoms with Crippen molar-refractivity contribution < 1.29 is 0 Å². The zero-order valence-electron chi connectivity index (χ0n) is 6.93. The van der Waals surface area contributed by atoms with Gasteiger partial charge in [0.25, 0.3) is 0 Å². The molecule has 1 aromatic carbocycles. The molecule has 1 heterocycles. The zero-order valence-corrected chi connectivity index (χ0v) is 6.93. The van der Waals surface area contributed by atoms with Crippen LogP contribution < -0.4 is 16.6 Å². The zero-order chi connectivity index (χ0) is 8.39. The number of hydrogen-bond donors (Lipinski definition) is 3. The smallest absolute Gasteiger partial charge is 0.0520 e. The van der Waals surface area contributed by atoms with E-state index in [-0.39, 0.29) is 0 Å². The third-order valence-electron chi connectivity index (χ3n) is 2.30. The van der Waals surface area contributed by atoms with Gasteiger partial charge in [-0.25, -0.2) is 0 Å². The molecule has 4 N–H and O–H groups in total. The lowest BCUT2D eigenvalue weighted by molar-refractivity contribution is 0.644. The second kappa shape index (κ2) is 3.13. The van der Waals surface area contributed by atoms with Crippen molar-refractivity contribution >= 4 is 5.69 Å². The predicted molar refractivity (Wildman–Crippen MR) is 49.7 cm³/mol. The average Bonchev–Trinajstić information content (AvgIpc) is 2.17. The highest BCUT2D eigenvalue weighted by Gasteiger charge is 2.10. The molecule has 1 aromatic rings. The summed E-state index contributed by atoms with van der Waals surface area (Å²) in [6.45, 7) is 2.01. The molecule has 0 amide bonds. The van der Waals surface area contributed by atoms with Crippen molar-refractivity contribution in [1.82, 2.24) is 5.32 Å². The monoisotopic (exact) mass is 163 g/mol.